The zero-order valence-electron chi connectivity index (χ0n) is 15.9. The summed E-state index contributed by atoms with van der Waals surface area (Å²) in [7, 11) is 0. The third-order valence-electron chi connectivity index (χ3n) is 3.71. The maximum atomic E-state index is 12.5. The number of carbonyl (C=O) groups excluding carboxylic acids is 2. The molecule has 2 aromatic carbocycles. The maximum Gasteiger partial charge on any atom is 0.239 e. The average molecular weight is 354 g/mol. The van der Waals surface area contributed by atoms with E-state index in [0.717, 1.165) is 5.75 Å². The highest BCUT2D eigenvalue weighted by Crippen LogP contribution is 2.24. The van der Waals surface area contributed by atoms with Crippen LogP contribution in [0.3, 0.4) is 0 Å². The second-order valence-electron chi connectivity index (χ2n) is 7.72. The minimum absolute atomic E-state index is 0.313. The Morgan fingerprint density at radius 2 is 1.31 bits per heavy atom. The lowest BCUT2D eigenvalue weighted by atomic mass is 9.89. The molecule has 0 aromatic heterocycles. The number of amides is 2. The summed E-state index contributed by atoms with van der Waals surface area (Å²) in [5.41, 5.74) is -0.982. The van der Waals surface area contributed by atoms with E-state index in [-0.39, 0.29) is 11.8 Å². The van der Waals surface area contributed by atoms with E-state index in [9.17, 15) is 9.59 Å². The summed E-state index contributed by atoms with van der Waals surface area (Å²) in [6.07, 6.45) is 0. The van der Waals surface area contributed by atoms with Crippen LogP contribution in [0.15, 0.2) is 54.6 Å². The molecule has 2 rings (SSSR count). The second-order valence-corrected chi connectivity index (χ2v) is 7.72. The van der Waals surface area contributed by atoms with Gasteiger partial charge in [0.2, 0.25) is 11.8 Å². The summed E-state index contributed by atoms with van der Waals surface area (Å²) in [4.78, 5) is 24.9. The van der Waals surface area contributed by atoms with Gasteiger partial charge in [-0.15, -0.1) is 0 Å². The summed E-state index contributed by atoms with van der Waals surface area (Å²) in [5.74, 6) is 0.728. The highest BCUT2D eigenvalue weighted by Gasteiger charge is 2.37. The molecule has 5 nitrogen and oxygen atoms in total. The molecule has 138 valence electrons. The van der Waals surface area contributed by atoms with Crippen LogP contribution in [0.5, 0.6) is 11.5 Å². The third kappa shape index (κ3) is 5.34. The molecular weight excluding hydrogens is 328 g/mol. The van der Waals surface area contributed by atoms with Gasteiger partial charge in [-0.1, -0.05) is 18.2 Å². The van der Waals surface area contributed by atoms with E-state index in [1.165, 1.54) is 0 Å². The van der Waals surface area contributed by atoms with Crippen molar-refractivity contribution < 1.29 is 14.3 Å². The van der Waals surface area contributed by atoms with Crippen molar-refractivity contribution in [2.75, 3.05) is 5.32 Å². The Kier molecular flexibility index (Phi) is 5.70. The molecule has 0 bridgehead atoms. The Morgan fingerprint density at radius 1 is 0.769 bits per heavy atom. The SMILES string of the molecule is CC(C)(C)NC(=O)C(C)(C)C(=O)Nc1ccc(Oc2ccccc2)cc1. The van der Waals surface area contributed by atoms with Gasteiger partial charge >= 0.3 is 0 Å². The van der Waals surface area contributed by atoms with Gasteiger partial charge in [-0.25, -0.2) is 0 Å². The summed E-state index contributed by atoms with van der Waals surface area (Å²) < 4.78 is 5.72. The van der Waals surface area contributed by atoms with Crippen LogP contribution in [0, 0.1) is 5.41 Å². The largest absolute Gasteiger partial charge is 0.457 e. The number of benzene rings is 2. The fraction of sp³-hybridized carbons (Fsp3) is 0.333. The molecule has 0 heterocycles. The van der Waals surface area contributed by atoms with Crippen LogP contribution in [0.4, 0.5) is 5.69 Å². The first kappa shape index (κ1) is 19.5. The van der Waals surface area contributed by atoms with Crippen LogP contribution in [0.2, 0.25) is 0 Å². The summed E-state index contributed by atoms with van der Waals surface area (Å²) in [5, 5.41) is 5.63. The summed E-state index contributed by atoms with van der Waals surface area (Å²) in [6.45, 7) is 8.85. The molecule has 0 aliphatic heterocycles. The van der Waals surface area contributed by atoms with Gasteiger partial charge in [0.25, 0.3) is 0 Å². The number of hydrogen-bond acceptors (Lipinski definition) is 3. The van der Waals surface area contributed by atoms with Gasteiger partial charge < -0.3 is 15.4 Å². The molecule has 0 atom stereocenters. The van der Waals surface area contributed by atoms with Crippen molar-refractivity contribution in [3.8, 4) is 11.5 Å². The molecule has 0 aliphatic carbocycles. The lowest BCUT2D eigenvalue weighted by Crippen LogP contribution is -2.51. The van der Waals surface area contributed by atoms with Crippen LogP contribution in [-0.4, -0.2) is 17.4 Å². The number of carbonyl (C=O) groups is 2. The van der Waals surface area contributed by atoms with Crippen molar-refractivity contribution in [2.45, 2.75) is 40.2 Å². The molecule has 5 heteroatoms. The molecule has 2 aromatic rings. The molecule has 0 aliphatic rings. The number of para-hydroxylation sites is 1. The number of rotatable bonds is 5. The first-order valence-corrected chi connectivity index (χ1v) is 8.55. The first-order chi connectivity index (χ1) is 12.1. The number of nitrogens with one attached hydrogen (secondary N) is 2. The highest BCUT2D eigenvalue weighted by molar-refractivity contribution is 6.10. The molecule has 0 fully saturated rings. The maximum absolute atomic E-state index is 12.5. The Bertz CT molecular complexity index is 760. The quantitative estimate of drug-likeness (QED) is 0.784. The van der Waals surface area contributed by atoms with Crippen molar-refractivity contribution in [3.63, 3.8) is 0 Å². The minimum Gasteiger partial charge on any atom is -0.457 e. The Balaban J connectivity index is 2.01. The number of anilines is 1. The fourth-order valence-corrected chi connectivity index (χ4v) is 2.12. The first-order valence-electron chi connectivity index (χ1n) is 8.55. The van der Waals surface area contributed by atoms with Gasteiger partial charge in [-0.05, 0) is 71.0 Å². The smallest absolute Gasteiger partial charge is 0.239 e. The average Bonchev–Trinajstić information content (AvgIpc) is 2.56. The monoisotopic (exact) mass is 354 g/mol. The summed E-state index contributed by atoms with van der Waals surface area (Å²) >= 11 is 0. The number of ether oxygens (including phenoxy) is 1. The predicted octanol–water partition coefficient (Wildman–Crippen LogP) is 4.36. The zero-order valence-corrected chi connectivity index (χ0v) is 15.9. The molecule has 0 saturated carbocycles. The van der Waals surface area contributed by atoms with Crippen LogP contribution in [-0.2, 0) is 9.59 Å². The molecule has 0 radical (unpaired) electrons. The van der Waals surface area contributed by atoms with Crippen molar-refractivity contribution in [1.29, 1.82) is 0 Å². The van der Waals surface area contributed by atoms with E-state index >= 15 is 0 Å². The molecular formula is C21H26N2O3. The van der Waals surface area contributed by atoms with E-state index < -0.39 is 11.0 Å². The fourth-order valence-electron chi connectivity index (χ4n) is 2.12. The Labute approximate surface area is 154 Å². The normalized spacial score (nSPS) is 11.6. The van der Waals surface area contributed by atoms with Crippen molar-refractivity contribution in [3.05, 3.63) is 54.6 Å². The molecule has 0 spiro atoms. The minimum atomic E-state index is -1.19. The van der Waals surface area contributed by atoms with Gasteiger partial charge in [0.05, 0.1) is 0 Å². The zero-order chi connectivity index (χ0) is 19.4. The topological polar surface area (TPSA) is 67.4 Å². The van der Waals surface area contributed by atoms with E-state index in [0.29, 0.717) is 11.4 Å². The van der Waals surface area contributed by atoms with Crippen LogP contribution < -0.4 is 15.4 Å². The molecule has 2 N–H and O–H groups in total. The van der Waals surface area contributed by atoms with Gasteiger partial charge in [0.15, 0.2) is 0 Å². The van der Waals surface area contributed by atoms with Gasteiger partial charge in [-0.2, -0.15) is 0 Å². The number of hydrogen-bond donors (Lipinski definition) is 2. The van der Waals surface area contributed by atoms with Crippen molar-refractivity contribution in [1.82, 2.24) is 5.32 Å². The van der Waals surface area contributed by atoms with Gasteiger partial charge in [-0.3, -0.25) is 9.59 Å². The Hall–Kier alpha value is -2.82. The van der Waals surface area contributed by atoms with Crippen molar-refractivity contribution >= 4 is 17.5 Å². The van der Waals surface area contributed by atoms with Crippen LogP contribution >= 0.6 is 0 Å². The summed E-state index contributed by atoms with van der Waals surface area (Å²) in [6, 6.07) is 16.5. The standard InChI is InChI=1S/C21H26N2O3/c1-20(2,3)23-19(25)21(4,5)18(24)22-15-11-13-17(14-12-15)26-16-9-7-6-8-10-16/h6-14H,1-5H3,(H,22,24)(H,23,25). The molecule has 2 amide bonds. The van der Waals surface area contributed by atoms with Crippen LogP contribution in [0.1, 0.15) is 34.6 Å². The lowest BCUT2D eigenvalue weighted by Gasteiger charge is -2.28. The van der Waals surface area contributed by atoms with Crippen molar-refractivity contribution in [2.24, 2.45) is 5.41 Å². The molecule has 26 heavy (non-hydrogen) atoms. The molecule has 0 saturated heterocycles. The van der Waals surface area contributed by atoms with Gasteiger partial charge in [0, 0.05) is 11.2 Å². The highest BCUT2D eigenvalue weighted by atomic mass is 16.5. The van der Waals surface area contributed by atoms with E-state index in [1.54, 1.807) is 38.1 Å². The second kappa shape index (κ2) is 7.60. The molecule has 0 unspecified atom stereocenters. The van der Waals surface area contributed by atoms with E-state index in [1.807, 2.05) is 51.1 Å². The Morgan fingerprint density at radius 3 is 1.85 bits per heavy atom. The van der Waals surface area contributed by atoms with Crippen LogP contribution in [0.25, 0.3) is 0 Å². The lowest BCUT2D eigenvalue weighted by molar-refractivity contribution is -0.139. The predicted molar refractivity (Wildman–Crippen MR) is 103 cm³/mol. The van der Waals surface area contributed by atoms with E-state index in [2.05, 4.69) is 10.6 Å². The third-order valence-corrected chi connectivity index (χ3v) is 3.71. The van der Waals surface area contributed by atoms with E-state index in [4.69, 9.17) is 4.74 Å². The van der Waals surface area contributed by atoms with Gasteiger partial charge in [0.1, 0.15) is 16.9 Å².